The van der Waals surface area contributed by atoms with Crippen LogP contribution in [0.2, 0.25) is 0 Å². The molecule has 1 fully saturated rings. The van der Waals surface area contributed by atoms with Crippen molar-refractivity contribution in [2.75, 3.05) is 19.7 Å². The smallest absolute Gasteiger partial charge is 0.309 e. The zero-order chi connectivity index (χ0) is 19.2. The van der Waals surface area contributed by atoms with E-state index in [-0.39, 0.29) is 17.8 Å². The maximum Gasteiger partial charge on any atom is 0.309 e. The zero-order valence-corrected chi connectivity index (χ0v) is 16.6. The number of aryl methyl sites for hydroxylation is 1. The lowest BCUT2D eigenvalue weighted by Gasteiger charge is -2.30. The molecule has 6 heteroatoms. The van der Waals surface area contributed by atoms with Crippen LogP contribution in [0, 0.1) is 12.8 Å². The van der Waals surface area contributed by atoms with E-state index < -0.39 is 0 Å². The Labute approximate surface area is 163 Å². The van der Waals surface area contributed by atoms with Crippen LogP contribution in [-0.2, 0) is 16.1 Å². The van der Waals surface area contributed by atoms with Gasteiger partial charge in [0.2, 0.25) is 0 Å². The van der Waals surface area contributed by atoms with Crippen molar-refractivity contribution in [3.63, 3.8) is 0 Å². The molecule has 0 bridgehead atoms. The van der Waals surface area contributed by atoms with E-state index in [1.165, 1.54) is 11.3 Å². The number of carbonyl (C=O) groups excluding carboxylic acids is 2. The summed E-state index contributed by atoms with van der Waals surface area (Å²) in [5.41, 5.74) is 2.08. The number of rotatable bonds is 6. The Balaban J connectivity index is 1.53. The molecule has 0 atom stereocenters. The highest BCUT2D eigenvalue weighted by atomic mass is 32.1. The lowest BCUT2D eigenvalue weighted by molar-refractivity contribution is -0.149. The number of esters is 1. The highest BCUT2D eigenvalue weighted by Gasteiger charge is 2.29. The third-order valence-corrected chi connectivity index (χ3v) is 5.72. The second kappa shape index (κ2) is 9.04. The van der Waals surface area contributed by atoms with Crippen LogP contribution in [0.3, 0.4) is 0 Å². The zero-order valence-electron chi connectivity index (χ0n) is 15.8. The Morgan fingerprint density at radius 2 is 1.96 bits per heavy atom. The molecule has 0 unspecified atom stereocenters. The van der Waals surface area contributed by atoms with E-state index in [0.29, 0.717) is 44.0 Å². The van der Waals surface area contributed by atoms with Gasteiger partial charge in [0.05, 0.1) is 17.4 Å². The average molecular weight is 388 g/mol. The van der Waals surface area contributed by atoms with Gasteiger partial charge >= 0.3 is 5.97 Å². The van der Waals surface area contributed by atoms with Crippen molar-refractivity contribution in [3.05, 3.63) is 51.7 Å². The predicted octanol–water partition coefficient (Wildman–Crippen LogP) is 4.05. The molecule has 27 heavy (non-hydrogen) atoms. The Morgan fingerprint density at radius 3 is 2.67 bits per heavy atom. The maximum atomic E-state index is 12.7. The molecule has 1 aliphatic heterocycles. The van der Waals surface area contributed by atoms with Crippen molar-refractivity contribution in [1.29, 1.82) is 0 Å². The van der Waals surface area contributed by atoms with Crippen molar-refractivity contribution >= 4 is 23.2 Å². The van der Waals surface area contributed by atoms with Gasteiger partial charge in [-0.3, -0.25) is 9.59 Å². The summed E-state index contributed by atoms with van der Waals surface area (Å²) in [5, 5.41) is 1.97. The number of piperidine rings is 1. The second-order valence-corrected chi connectivity index (χ2v) is 7.60. The number of carbonyl (C=O) groups is 2. The molecular weight excluding hydrogens is 362 g/mol. The van der Waals surface area contributed by atoms with E-state index in [1.807, 2.05) is 54.5 Å². The minimum Gasteiger partial charge on any atom is -0.489 e. The molecule has 144 valence electrons. The number of benzene rings is 1. The Morgan fingerprint density at radius 1 is 1.22 bits per heavy atom. The largest absolute Gasteiger partial charge is 0.489 e. The topological polar surface area (TPSA) is 55.8 Å². The molecule has 0 spiro atoms. The molecule has 1 saturated heterocycles. The highest BCUT2D eigenvalue weighted by Crippen LogP contribution is 2.24. The number of para-hydroxylation sites is 1. The third kappa shape index (κ3) is 4.89. The molecule has 1 aliphatic rings. The second-order valence-electron chi connectivity index (χ2n) is 6.69. The van der Waals surface area contributed by atoms with Crippen LogP contribution in [0.5, 0.6) is 5.75 Å². The summed E-state index contributed by atoms with van der Waals surface area (Å²) in [6.07, 6.45) is 1.33. The van der Waals surface area contributed by atoms with Crippen molar-refractivity contribution in [2.45, 2.75) is 33.3 Å². The number of thiophene rings is 1. The maximum absolute atomic E-state index is 12.7. The molecule has 2 heterocycles. The molecular formula is C21H25NO4S. The van der Waals surface area contributed by atoms with Crippen LogP contribution in [0.1, 0.15) is 40.6 Å². The number of nitrogens with zero attached hydrogens (tertiary/aromatic N) is 1. The number of likely N-dealkylation sites (tertiary alicyclic amines) is 1. The summed E-state index contributed by atoms with van der Waals surface area (Å²) in [6, 6.07) is 9.79. The summed E-state index contributed by atoms with van der Waals surface area (Å²) < 4.78 is 10.9. The summed E-state index contributed by atoms with van der Waals surface area (Å²) in [7, 11) is 0. The standard InChI is InChI=1S/C21H25NO4S/c1-3-25-21(24)17-8-10-22(11-9-17)20(23)19-12-16(14-27-19)13-26-18-7-5-4-6-15(18)2/h4-7,12,14,17H,3,8-11,13H2,1-2H3. The van der Waals surface area contributed by atoms with Crippen molar-refractivity contribution < 1.29 is 19.1 Å². The van der Waals surface area contributed by atoms with Crippen LogP contribution in [0.15, 0.2) is 35.7 Å². The minimum absolute atomic E-state index is 0.0319. The molecule has 3 rings (SSSR count). The fourth-order valence-electron chi connectivity index (χ4n) is 3.18. The van der Waals surface area contributed by atoms with Gasteiger partial charge in [0, 0.05) is 18.7 Å². The summed E-state index contributed by atoms with van der Waals surface area (Å²) >= 11 is 1.44. The minimum atomic E-state index is -0.142. The molecule has 0 radical (unpaired) electrons. The van der Waals surface area contributed by atoms with E-state index in [9.17, 15) is 9.59 Å². The predicted molar refractivity (Wildman–Crippen MR) is 105 cm³/mol. The lowest BCUT2D eigenvalue weighted by Crippen LogP contribution is -2.40. The van der Waals surface area contributed by atoms with Crippen molar-refractivity contribution in [1.82, 2.24) is 4.90 Å². The van der Waals surface area contributed by atoms with Gasteiger partial charge in [0.25, 0.3) is 5.91 Å². The quantitative estimate of drug-likeness (QED) is 0.702. The molecule has 1 aromatic heterocycles. The summed E-state index contributed by atoms with van der Waals surface area (Å²) in [6.45, 7) is 5.86. The first-order valence-electron chi connectivity index (χ1n) is 9.30. The van der Waals surface area contributed by atoms with E-state index in [0.717, 1.165) is 16.9 Å². The van der Waals surface area contributed by atoms with Crippen LogP contribution in [0.25, 0.3) is 0 Å². The molecule has 0 aliphatic carbocycles. The number of hydrogen-bond donors (Lipinski definition) is 0. The highest BCUT2D eigenvalue weighted by molar-refractivity contribution is 7.12. The molecule has 2 aromatic rings. The Bertz CT molecular complexity index is 793. The van der Waals surface area contributed by atoms with Gasteiger partial charge in [0.15, 0.2) is 0 Å². The van der Waals surface area contributed by atoms with Gasteiger partial charge in [-0.15, -0.1) is 11.3 Å². The first kappa shape index (κ1) is 19.4. The molecule has 1 aromatic carbocycles. The van der Waals surface area contributed by atoms with Gasteiger partial charge in [-0.25, -0.2) is 0 Å². The van der Waals surface area contributed by atoms with Gasteiger partial charge in [-0.2, -0.15) is 0 Å². The van der Waals surface area contributed by atoms with Gasteiger partial charge < -0.3 is 14.4 Å². The molecule has 1 amide bonds. The number of amides is 1. The average Bonchev–Trinajstić information content (AvgIpc) is 3.16. The van der Waals surface area contributed by atoms with E-state index in [1.54, 1.807) is 0 Å². The van der Waals surface area contributed by atoms with Crippen molar-refractivity contribution in [2.24, 2.45) is 5.92 Å². The SMILES string of the molecule is CCOC(=O)C1CCN(C(=O)c2cc(COc3ccccc3C)cs2)CC1. The lowest BCUT2D eigenvalue weighted by atomic mass is 9.97. The number of ether oxygens (including phenoxy) is 2. The first-order valence-corrected chi connectivity index (χ1v) is 10.2. The van der Waals surface area contributed by atoms with E-state index >= 15 is 0 Å². The molecule has 5 nitrogen and oxygen atoms in total. The Hall–Kier alpha value is -2.34. The fraction of sp³-hybridized carbons (Fsp3) is 0.429. The summed E-state index contributed by atoms with van der Waals surface area (Å²) in [4.78, 5) is 27.1. The third-order valence-electron chi connectivity index (χ3n) is 4.75. The monoisotopic (exact) mass is 387 g/mol. The normalized spacial score (nSPS) is 14.8. The molecule has 0 N–H and O–H groups in total. The Kier molecular flexibility index (Phi) is 6.50. The van der Waals surface area contributed by atoms with Crippen molar-refractivity contribution in [3.8, 4) is 5.75 Å². The van der Waals surface area contributed by atoms with Crippen LogP contribution < -0.4 is 4.74 Å². The van der Waals surface area contributed by atoms with Gasteiger partial charge in [-0.05, 0) is 49.8 Å². The van der Waals surface area contributed by atoms with Gasteiger partial charge in [-0.1, -0.05) is 18.2 Å². The summed E-state index contributed by atoms with van der Waals surface area (Å²) in [5.74, 6) is 0.661. The van der Waals surface area contributed by atoms with E-state index in [4.69, 9.17) is 9.47 Å². The fourth-order valence-corrected chi connectivity index (χ4v) is 4.04. The van der Waals surface area contributed by atoms with Crippen LogP contribution in [0.4, 0.5) is 0 Å². The van der Waals surface area contributed by atoms with E-state index in [2.05, 4.69) is 0 Å². The number of hydrogen-bond acceptors (Lipinski definition) is 5. The molecule has 0 saturated carbocycles. The van der Waals surface area contributed by atoms with Gasteiger partial charge in [0.1, 0.15) is 12.4 Å². The van der Waals surface area contributed by atoms with Crippen LogP contribution >= 0.6 is 11.3 Å². The van der Waals surface area contributed by atoms with Crippen LogP contribution in [-0.4, -0.2) is 36.5 Å². The first-order chi connectivity index (χ1) is 13.1.